The number of aliphatic hydroxyl groups excluding tert-OH is 1. The summed E-state index contributed by atoms with van der Waals surface area (Å²) in [6.07, 6.45) is 7.69. The van der Waals surface area contributed by atoms with E-state index in [0.717, 1.165) is 12.2 Å². The van der Waals surface area contributed by atoms with Crippen LogP contribution in [0.5, 0.6) is 0 Å². The summed E-state index contributed by atoms with van der Waals surface area (Å²) >= 11 is 0. The van der Waals surface area contributed by atoms with Gasteiger partial charge in [0.1, 0.15) is 0 Å². The van der Waals surface area contributed by atoms with Crippen molar-refractivity contribution in [3.05, 3.63) is 24.3 Å². The largest absolute Gasteiger partial charge is 0.395 e. The van der Waals surface area contributed by atoms with Crippen LogP contribution < -0.4 is 0 Å². The fourth-order valence-corrected chi connectivity index (χ4v) is 1.91. The molecule has 1 aromatic rings. The maximum Gasteiger partial charge on any atom is 0.0755 e. The van der Waals surface area contributed by atoms with Gasteiger partial charge in [0.2, 0.25) is 0 Å². The zero-order valence-corrected chi connectivity index (χ0v) is 9.00. The molecule has 0 saturated heterocycles. The Hall–Kier alpha value is -1.00. The van der Waals surface area contributed by atoms with Gasteiger partial charge in [0.05, 0.1) is 18.3 Å². The van der Waals surface area contributed by atoms with E-state index in [-0.39, 0.29) is 12.6 Å². The summed E-state index contributed by atoms with van der Waals surface area (Å²) in [6.45, 7) is 3.06. The molecule has 15 heavy (non-hydrogen) atoms. The first-order valence-electron chi connectivity index (χ1n) is 5.45. The van der Waals surface area contributed by atoms with Gasteiger partial charge in [0.25, 0.3) is 0 Å². The fraction of sp³-hybridized carbons (Fsp3) is 0.636. The Kier molecular flexibility index (Phi) is 3.28. The number of hydrogen-bond donors (Lipinski definition) is 1. The van der Waals surface area contributed by atoms with E-state index in [1.54, 1.807) is 18.6 Å². The molecule has 1 aromatic heterocycles. The molecule has 1 aliphatic carbocycles. The van der Waals surface area contributed by atoms with Crippen LogP contribution in [-0.4, -0.2) is 39.2 Å². The summed E-state index contributed by atoms with van der Waals surface area (Å²) < 4.78 is 0. The van der Waals surface area contributed by atoms with E-state index >= 15 is 0 Å². The molecule has 1 fully saturated rings. The van der Waals surface area contributed by atoms with Crippen LogP contribution in [0.1, 0.15) is 31.5 Å². The van der Waals surface area contributed by atoms with Gasteiger partial charge in [0.15, 0.2) is 0 Å². The van der Waals surface area contributed by atoms with Crippen molar-refractivity contribution in [2.24, 2.45) is 0 Å². The highest BCUT2D eigenvalue weighted by Gasteiger charge is 2.32. The predicted octanol–water partition coefficient (Wildman–Crippen LogP) is 0.994. The van der Waals surface area contributed by atoms with Crippen LogP contribution in [0.25, 0.3) is 0 Å². The first-order valence-corrected chi connectivity index (χ1v) is 5.45. The Morgan fingerprint density at radius 2 is 2.33 bits per heavy atom. The van der Waals surface area contributed by atoms with Gasteiger partial charge in [-0.25, -0.2) is 0 Å². The number of hydrogen-bond acceptors (Lipinski definition) is 4. The fourth-order valence-electron chi connectivity index (χ4n) is 1.91. The lowest BCUT2D eigenvalue weighted by atomic mass is 10.2. The SMILES string of the molecule is CC(c1cnccn1)N(CCO)C1CC1. The molecule has 4 nitrogen and oxygen atoms in total. The van der Waals surface area contributed by atoms with Crippen molar-refractivity contribution < 1.29 is 5.11 Å². The number of aliphatic hydroxyl groups is 1. The molecule has 4 heteroatoms. The lowest BCUT2D eigenvalue weighted by Crippen LogP contribution is -2.32. The van der Waals surface area contributed by atoms with E-state index in [9.17, 15) is 0 Å². The zero-order chi connectivity index (χ0) is 10.7. The highest BCUT2D eigenvalue weighted by atomic mass is 16.3. The first kappa shape index (κ1) is 10.5. The lowest BCUT2D eigenvalue weighted by molar-refractivity contribution is 0.148. The highest BCUT2D eigenvalue weighted by molar-refractivity contribution is 5.03. The summed E-state index contributed by atoms with van der Waals surface area (Å²) in [5.74, 6) is 0. The molecular formula is C11H17N3O. The Morgan fingerprint density at radius 1 is 1.53 bits per heavy atom. The minimum Gasteiger partial charge on any atom is -0.395 e. The summed E-state index contributed by atoms with van der Waals surface area (Å²) in [5.41, 5.74) is 0.984. The van der Waals surface area contributed by atoms with E-state index in [4.69, 9.17) is 5.11 Å². The summed E-state index contributed by atoms with van der Waals surface area (Å²) in [5, 5.41) is 9.03. The molecule has 1 heterocycles. The normalized spacial score (nSPS) is 18.1. The molecule has 1 N–H and O–H groups in total. The predicted molar refractivity (Wildman–Crippen MR) is 57.3 cm³/mol. The highest BCUT2D eigenvalue weighted by Crippen LogP contribution is 2.32. The molecule has 0 bridgehead atoms. The number of aromatic nitrogens is 2. The third-order valence-corrected chi connectivity index (χ3v) is 2.88. The molecule has 1 unspecified atom stereocenters. The van der Waals surface area contributed by atoms with Crippen molar-refractivity contribution in [2.45, 2.75) is 31.8 Å². The van der Waals surface area contributed by atoms with Crippen molar-refractivity contribution in [1.82, 2.24) is 14.9 Å². The van der Waals surface area contributed by atoms with Gasteiger partial charge in [-0.05, 0) is 19.8 Å². The standard InChI is InChI=1S/C11H17N3O/c1-9(11-8-12-4-5-13-11)14(6-7-15)10-2-3-10/h4-5,8-10,15H,2-3,6-7H2,1H3. The smallest absolute Gasteiger partial charge is 0.0755 e. The maximum absolute atomic E-state index is 9.03. The third-order valence-electron chi connectivity index (χ3n) is 2.88. The Labute approximate surface area is 90.0 Å². The van der Waals surface area contributed by atoms with E-state index < -0.39 is 0 Å². The average molecular weight is 207 g/mol. The van der Waals surface area contributed by atoms with Crippen LogP contribution in [0.3, 0.4) is 0 Å². The molecule has 0 spiro atoms. The molecule has 1 atom stereocenters. The topological polar surface area (TPSA) is 49.2 Å². The number of rotatable bonds is 5. The van der Waals surface area contributed by atoms with Crippen molar-refractivity contribution >= 4 is 0 Å². The van der Waals surface area contributed by atoms with Gasteiger partial charge in [-0.15, -0.1) is 0 Å². The second-order valence-electron chi connectivity index (χ2n) is 4.00. The van der Waals surface area contributed by atoms with Crippen LogP contribution in [-0.2, 0) is 0 Å². The Morgan fingerprint density at radius 3 is 2.87 bits per heavy atom. The van der Waals surface area contributed by atoms with E-state index in [1.807, 2.05) is 0 Å². The lowest BCUT2D eigenvalue weighted by Gasteiger charge is -2.27. The van der Waals surface area contributed by atoms with E-state index in [2.05, 4.69) is 21.8 Å². The van der Waals surface area contributed by atoms with Gasteiger partial charge in [-0.2, -0.15) is 0 Å². The van der Waals surface area contributed by atoms with Crippen molar-refractivity contribution in [3.8, 4) is 0 Å². The summed E-state index contributed by atoms with van der Waals surface area (Å²) in [4.78, 5) is 10.7. The second kappa shape index (κ2) is 4.68. The van der Waals surface area contributed by atoms with Crippen LogP contribution in [0.2, 0.25) is 0 Å². The van der Waals surface area contributed by atoms with Crippen LogP contribution in [0.4, 0.5) is 0 Å². The minimum atomic E-state index is 0.209. The molecule has 0 aromatic carbocycles. The van der Waals surface area contributed by atoms with Gasteiger partial charge in [-0.3, -0.25) is 14.9 Å². The molecule has 0 amide bonds. The number of nitrogens with zero attached hydrogens (tertiary/aromatic N) is 3. The summed E-state index contributed by atoms with van der Waals surface area (Å²) in [6, 6.07) is 0.882. The molecule has 1 saturated carbocycles. The van der Waals surface area contributed by atoms with Gasteiger partial charge >= 0.3 is 0 Å². The average Bonchev–Trinajstić information content (AvgIpc) is 3.10. The van der Waals surface area contributed by atoms with Crippen molar-refractivity contribution in [3.63, 3.8) is 0 Å². The Balaban J connectivity index is 2.07. The summed E-state index contributed by atoms with van der Waals surface area (Å²) in [7, 11) is 0. The zero-order valence-electron chi connectivity index (χ0n) is 9.00. The monoisotopic (exact) mass is 207 g/mol. The van der Waals surface area contributed by atoms with Crippen LogP contribution in [0.15, 0.2) is 18.6 Å². The van der Waals surface area contributed by atoms with Gasteiger partial charge in [-0.1, -0.05) is 0 Å². The minimum absolute atomic E-state index is 0.209. The van der Waals surface area contributed by atoms with Crippen LogP contribution >= 0.6 is 0 Å². The first-order chi connectivity index (χ1) is 7.33. The van der Waals surface area contributed by atoms with E-state index in [0.29, 0.717) is 6.04 Å². The van der Waals surface area contributed by atoms with Crippen molar-refractivity contribution in [1.29, 1.82) is 0 Å². The molecule has 1 aliphatic rings. The molecule has 0 aliphatic heterocycles. The van der Waals surface area contributed by atoms with Gasteiger partial charge in [0, 0.05) is 31.2 Å². The third kappa shape index (κ3) is 2.52. The maximum atomic E-state index is 9.03. The van der Waals surface area contributed by atoms with Crippen LogP contribution in [0, 0.1) is 0 Å². The molecule has 0 radical (unpaired) electrons. The van der Waals surface area contributed by atoms with Crippen molar-refractivity contribution in [2.75, 3.05) is 13.2 Å². The quantitative estimate of drug-likeness (QED) is 0.782. The second-order valence-corrected chi connectivity index (χ2v) is 4.00. The van der Waals surface area contributed by atoms with Gasteiger partial charge < -0.3 is 5.11 Å². The Bertz CT molecular complexity index is 300. The molecule has 82 valence electrons. The molecular weight excluding hydrogens is 190 g/mol. The molecule has 2 rings (SSSR count). The van der Waals surface area contributed by atoms with E-state index in [1.165, 1.54) is 12.8 Å².